The van der Waals surface area contributed by atoms with Crippen molar-refractivity contribution in [2.75, 3.05) is 0 Å². The van der Waals surface area contributed by atoms with Crippen LogP contribution in [0.1, 0.15) is 22.3 Å². The van der Waals surface area contributed by atoms with Crippen LogP contribution in [0.25, 0.3) is 22.3 Å². The summed E-state index contributed by atoms with van der Waals surface area (Å²) in [4.78, 5) is 0. The lowest BCUT2D eigenvalue weighted by molar-refractivity contribution is 1.06. The van der Waals surface area contributed by atoms with Gasteiger partial charge in [0, 0.05) is 5.92 Å². The molecule has 4 aromatic carbocycles. The largest absolute Gasteiger partial charge is 0.0915 e. The SMILES string of the molecule is C=C1C=CC=C1C1C(c2ccccc2)=C(c2ccccc2)C(c2ccccc2)=C1c1ccccc1. The molecule has 2 aliphatic rings. The van der Waals surface area contributed by atoms with Gasteiger partial charge in [-0.1, -0.05) is 146 Å². The van der Waals surface area contributed by atoms with Crippen LogP contribution in [0.5, 0.6) is 0 Å². The molecular weight excluding hydrogens is 420 g/mol. The zero-order valence-corrected chi connectivity index (χ0v) is 19.6. The Bertz CT molecular complexity index is 1400. The zero-order valence-electron chi connectivity index (χ0n) is 19.6. The highest BCUT2D eigenvalue weighted by Gasteiger charge is 2.39. The third-order valence-electron chi connectivity index (χ3n) is 6.92. The molecule has 0 atom stereocenters. The molecule has 166 valence electrons. The lowest BCUT2D eigenvalue weighted by Gasteiger charge is -2.23. The van der Waals surface area contributed by atoms with Crippen molar-refractivity contribution in [3.63, 3.8) is 0 Å². The van der Waals surface area contributed by atoms with Crippen LogP contribution in [0.15, 0.2) is 157 Å². The molecule has 0 radical (unpaired) electrons. The lowest BCUT2D eigenvalue weighted by Crippen LogP contribution is -2.08. The molecule has 0 fully saturated rings. The summed E-state index contributed by atoms with van der Waals surface area (Å²) >= 11 is 0. The van der Waals surface area contributed by atoms with Gasteiger partial charge in [-0.15, -0.1) is 0 Å². The molecule has 0 aromatic heterocycles. The Morgan fingerprint density at radius 1 is 0.457 bits per heavy atom. The molecule has 0 spiro atoms. The second-order valence-electron chi connectivity index (χ2n) is 8.98. The van der Waals surface area contributed by atoms with Crippen molar-refractivity contribution in [1.29, 1.82) is 0 Å². The normalized spacial score (nSPS) is 15.8. The van der Waals surface area contributed by atoms with E-state index >= 15 is 0 Å². The van der Waals surface area contributed by atoms with E-state index in [0.717, 1.165) is 5.57 Å². The number of benzene rings is 4. The Hall–Kier alpha value is -4.42. The number of hydrogen-bond donors (Lipinski definition) is 0. The lowest BCUT2D eigenvalue weighted by atomic mass is 9.79. The molecule has 0 saturated carbocycles. The van der Waals surface area contributed by atoms with E-state index in [4.69, 9.17) is 0 Å². The Labute approximate surface area is 207 Å². The molecule has 0 unspecified atom stereocenters. The molecule has 35 heavy (non-hydrogen) atoms. The van der Waals surface area contributed by atoms with Crippen molar-refractivity contribution in [2.45, 2.75) is 0 Å². The molecule has 0 heterocycles. The Morgan fingerprint density at radius 3 is 1.17 bits per heavy atom. The highest BCUT2D eigenvalue weighted by atomic mass is 14.4. The van der Waals surface area contributed by atoms with Gasteiger partial charge in [0.05, 0.1) is 0 Å². The van der Waals surface area contributed by atoms with Crippen molar-refractivity contribution in [2.24, 2.45) is 5.92 Å². The molecule has 0 aliphatic heterocycles. The topological polar surface area (TPSA) is 0 Å². The first-order valence-electron chi connectivity index (χ1n) is 12.1. The van der Waals surface area contributed by atoms with Gasteiger partial charge in [0.2, 0.25) is 0 Å². The van der Waals surface area contributed by atoms with Gasteiger partial charge in [0.25, 0.3) is 0 Å². The van der Waals surface area contributed by atoms with E-state index in [1.54, 1.807) is 0 Å². The average molecular weight is 447 g/mol. The fourth-order valence-corrected chi connectivity index (χ4v) is 5.43. The standard InChI is InChI=1S/C35H26/c1-25-15-14-24-30(25)35-33(28-20-10-4-11-21-28)31(26-16-6-2-7-17-26)32(27-18-8-3-9-19-27)34(35)29-22-12-5-13-23-29/h2-24,35H,1H2. The maximum Gasteiger partial charge on any atom is 0.0370 e. The van der Waals surface area contributed by atoms with Crippen LogP contribution < -0.4 is 0 Å². The molecule has 0 N–H and O–H groups in total. The van der Waals surface area contributed by atoms with Crippen LogP contribution >= 0.6 is 0 Å². The molecule has 0 nitrogen and oxygen atoms in total. The van der Waals surface area contributed by atoms with Crippen molar-refractivity contribution >= 4 is 22.3 Å². The summed E-state index contributed by atoms with van der Waals surface area (Å²) in [5.41, 5.74) is 12.6. The van der Waals surface area contributed by atoms with E-state index in [0.29, 0.717) is 0 Å². The summed E-state index contributed by atoms with van der Waals surface area (Å²) in [6, 6.07) is 43.4. The Morgan fingerprint density at radius 2 is 0.829 bits per heavy atom. The van der Waals surface area contributed by atoms with E-state index in [1.807, 2.05) is 0 Å². The van der Waals surface area contributed by atoms with Crippen LogP contribution in [0.3, 0.4) is 0 Å². The minimum Gasteiger partial charge on any atom is -0.0915 e. The van der Waals surface area contributed by atoms with Crippen LogP contribution in [-0.2, 0) is 0 Å². The summed E-state index contributed by atoms with van der Waals surface area (Å²) < 4.78 is 0. The second-order valence-corrected chi connectivity index (χ2v) is 8.98. The van der Waals surface area contributed by atoms with Gasteiger partial charge in [0.1, 0.15) is 0 Å². The molecular formula is C35H26. The molecule has 6 rings (SSSR count). The van der Waals surface area contributed by atoms with Crippen molar-refractivity contribution < 1.29 is 0 Å². The summed E-state index contributed by atoms with van der Waals surface area (Å²) in [5, 5.41) is 0. The third-order valence-corrected chi connectivity index (χ3v) is 6.92. The highest BCUT2D eigenvalue weighted by molar-refractivity contribution is 6.29. The smallest absolute Gasteiger partial charge is 0.0370 e. The summed E-state index contributed by atoms with van der Waals surface area (Å²) in [6.07, 6.45) is 6.50. The molecule has 0 amide bonds. The Balaban J connectivity index is 1.76. The van der Waals surface area contributed by atoms with Gasteiger partial charge < -0.3 is 0 Å². The van der Waals surface area contributed by atoms with Crippen LogP contribution in [0, 0.1) is 5.92 Å². The number of allylic oxidation sites excluding steroid dienone is 9. The van der Waals surface area contributed by atoms with Crippen molar-refractivity contribution in [3.05, 3.63) is 180 Å². The molecule has 4 aromatic rings. The van der Waals surface area contributed by atoms with Gasteiger partial charge >= 0.3 is 0 Å². The summed E-state index contributed by atoms with van der Waals surface area (Å²) in [6.45, 7) is 4.43. The van der Waals surface area contributed by atoms with Gasteiger partial charge in [-0.05, 0) is 55.7 Å². The van der Waals surface area contributed by atoms with E-state index in [-0.39, 0.29) is 5.92 Å². The number of rotatable bonds is 5. The summed E-state index contributed by atoms with van der Waals surface area (Å²) in [5.74, 6) is 0.0766. The maximum absolute atomic E-state index is 4.43. The summed E-state index contributed by atoms with van der Waals surface area (Å²) in [7, 11) is 0. The van der Waals surface area contributed by atoms with E-state index in [1.165, 1.54) is 50.1 Å². The van der Waals surface area contributed by atoms with Gasteiger partial charge in [-0.25, -0.2) is 0 Å². The van der Waals surface area contributed by atoms with Gasteiger partial charge in [-0.2, -0.15) is 0 Å². The first kappa shape index (κ1) is 21.1. The van der Waals surface area contributed by atoms with E-state index in [9.17, 15) is 0 Å². The third kappa shape index (κ3) is 3.74. The zero-order chi connectivity index (χ0) is 23.6. The average Bonchev–Trinajstić information content (AvgIpc) is 3.51. The van der Waals surface area contributed by atoms with Crippen LogP contribution in [-0.4, -0.2) is 0 Å². The minimum absolute atomic E-state index is 0.0766. The van der Waals surface area contributed by atoms with Gasteiger partial charge in [-0.3, -0.25) is 0 Å². The molecule has 0 heteroatoms. The first-order valence-corrected chi connectivity index (χ1v) is 12.1. The minimum atomic E-state index is 0.0766. The molecule has 0 bridgehead atoms. The highest BCUT2D eigenvalue weighted by Crippen LogP contribution is 2.58. The molecule has 0 saturated heterocycles. The fraction of sp³-hybridized carbons (Fsp3) is 0.0286. The van der Waals surface area contributed by atoms with Gasteiger partial charge in [0.15, 0.2) is 0 Å². The van der Waals surface area contributed by atoms with Crippen LogP contribution in [0.2, 0.25) is 0 Å². The quantitative estimate of drug-likeness (QED) is 0.287. The van der Waals surface area contributed by atoms with E-state index in [2.05, 4.69) is 146 Å². The predicted molar refractivity (Wildman–Crippen MR) is 149 cm³/mol. The number of hydrogen-bond acceptors (Lipinski definition) is 0. The Kier molecular flexibility index (Phi) is 5.48. The monoisotopic (exact) mass is 446 g/mol. The maximum atomic E-state index is 4.43. The van der Waals surface area contributed by atoms with Crippen molar-refractivity contribution in [3.8, 4) is 0 Å². The van der Waals surface area contributed by atoms with Crippen LogP contribution in [0.4, 0.5) is 0 Å². The van der Waals surface area contributed by atoms with E-state index < -0.39 is 0 Å². The first-order chi connectivity index (χ1) is 17.3. The van der Waals surface area contributed by atoms with Crippen molar-refractivity contribution in [1.82, 2.24) is 0 Å². The fourth-order valence-electron chi connectivity index (χ4n) is 5.43. The molecule has 2 aliphatic carbocycles. The predicted octanol–water partition coefficient (Wildman–Crippen LogP) is 8.89. The second kappa shape index (κ2) is 9.08.